The van der Waals surface area contributed by atoms with Crippen molar-refractivity contribution in [2.24, 2.45) is 0 Å². The second-order valence-corrected chi connectivity index (χ2v) is 9.03. The Morgan fingerprint density at radius 2 is 1.95 bits per heavy atom. The van der Waals surface area contributed by atoms with Crippen molar-refractivity contribution < 1.29 is 32.5 Å². The number of methoxy groups -OCH3 is 1. The molecule has 0 saturated carbocycles. The Bertz CT molecular complexity index is 1430. The quantitative estimate of drug-likeness (QED) is 0.179. The van der Waals surface area contributed by atoms with Gasteiger partial charge in [0.15, 0.2) is 17.1 Å². The molecule has 1 amide bonds. The molecule has 3 heterocycles. The van der Waals surface area contributed by atoms with E-state index in [9.17, 15) is 18.0 Å². The van der Waals surface area contributed by atoms with Gasteiger partial charge in [0.2, 0.25) is 5.95 Å². The summed E-state index contributed by atoms with van der Waals surface area (Å²) in [7, 11) is 1.47. The van der Waals surface area contributed by atoms with Crippen LogP contribution >= 0.6 is 22.6 Å². The van der Waals surface area contributed by atoms with Crippen molar-refractivity contribution in [3.8, 4) is 11.5 Å². The first-order valence-electron chi connectivity index (χ1n) is 10.7. The molecule has 0 spiro atoms. The first-order chi connectivity index (χ1) is 17.6. The number of carbonyl (C=O) groups is 1. The zero-order valence-electron chi connectivity index (χ0n) is 19.4. The molecule has 1 atom stereocenters. The standard InChI is InChI=1S/C23H20F3IN6O4/c1-12(33-20-16(8-15(27)10-29-20)30-21(33)31-32-22(34)35)14-4-5-17(18(7-14)36-2)37-11-13-3-6-19(28-9-13)23(24,25)26/h3-10,12,32H,11H2,1-2H3,(H,30,31)(H,34,35). The summed E-state index contributed by atoms with van der Waals surface area (Å²) in [5.74, 6) is 1.02. The molecule has 3 aromatic heterocycles. The molecular formula is C23H20F3IN6O4. The smallest absolute Gasteiger partial charge is 0.433 e. The normalized spacial score (nSPS) is 12.3. The maximum Gasteiger partial charge on any atom is 0.433 e. The molecule has 0 aliphatic carbocycles. The second-order valence-electron chi connectivity index (χ2n) is 7.78. The molecule has 4 aromatic rings. The van der Waals surface area contributed by atoms with Gasteiger partial charge in [-0.25, -0.2) is 20.2 Å². The molecule has 0 radical (unpaired) electrons. The topological polar surface area (TPSA) is 123 Å². The second kappa shape index (κ2) is 10.7. The molecule has 0 aliphatic heterocycles. The number of rotatable bonds is 8. The summed E-state index contributed by atoms with van der Waals surface area (Å²) in [6, 6.07) is 8.88. The maximum absolute atomic E-state index is 12.7. The lowest BCUT2D eigenvalue weighted by molar-refractivity contribution is -0.141. The Balaban J connectivity index is 1.59. The van der Waals surface area contributed by atoms with Crippen LogP contribution in [0, 0.1) is 3.57 Å². The summed E-state index contributed by atoms with van der Waals surface area (Å²) in [5, 5.41) is 9.01. The third-order valence-electron chi connectivity index (χ3n) is 5.34. The Labute approximate surface area is 222 Å². The van der Waals surface area contributed by atoms with E-state index in [0.29, 0.717) is 28.2 Å². The molecule has 0 bridgehead atoms. The van der Waals surface area contributed by atoms with Crippen molar-refractivity contribution in [2.45, 2.75) is 25.7 Å². The number of ether oxygens (including phenoxy) is 2. The van der Waals surface area contributed by atoms with Crippen molar-refractivity contribution >= 4 is 45.8 Å². The highest BCUT2D eigenvalue weighted by molar-refractivity contribution is 14.1. The van der Waals surface area contributed by atoms with Gasteiger partial charge in [-0.2, -0.15) is 13.2 Å². The van der Waals surface area contributed by atoms with E-state index in [1.165, 1.54) is 13.2 Å². The number of nitrogens with zero attached hydrogens (tertiary/aromatic N) is 4. The Hall–Kier alpha value is -3.82. The highest BCUT2D eigenvalue weighted by Crippen LogP contribution is 2.35. The Morgan fingerprint density at radius 3 is 2.59 bits per heavy atom. The zero-order chi connectivity index (χ0) is 26.7. The molecule has 10 nitrogen and oxygen atoms in total. The number of pyridine rings is 2. The summed E-state index contributed by atoms with van der Waals surface area (Å²) < 4.78 is 52.0. The van der Waals surface area contributed by atoms with Crippen molar-refractivity contribution in [2.75, 3.05) is 12.5 Å². The largest absolute Gasteiger partial charge is 0.493 e. The van der Waals surface area contributed by atoms with Crippen LogP contribution in [0.5, 0.6) is 11.5 Å². The van der Waals surface area contributed by atoms with Crippen LogP contribution in [0.15, 0.2) is 48.8 Å². The van der Waals surface area contributed by atoms with Crippen LogP contribution in [0.2, 0.25) is 0 Å². The zero-order valence-corrected chi connectivity index (χ0v) is 21.5. The average Bonchev–Trinajstić information content (AvgIpc) is 3.22. The molecule has 1 unspecified atom stereocenters. The summed E-state index contributed by atoms with van der Waals surface area (Å²) in [6.07, 6.45) is -3.00. The minimum Gasteiger partial charge on any atom is -0.493 e. The molecule has 3 N–H and O–H groups in total. The maximum atomic E-state index is 12.7. The van der Waals surface area contributed by atoms with E-state index < -0.39 is 18.0 Å². The van der Waals surface area contributed by atoms with Gasteiger partial charge in [0.25, 0.3) is 0 Å². The number of anilines is 1. The predicted octanol–water partition coefficient (Wildman–Crippen LogP) is 5.24. The number of nitrogens with one attached hydrogen (secondary N) is 2. The minimum atomic E-state index is -4.51. The van der Waals surface area contributed by atoms with Gasteiger partial charge in [0.05, 0.1) is 13.2 Å². The van der Waals surface area contributed by atoms with Crippen LogP contribution in [0.3, 0.4) is 0 Å². The van der Waals surface area contributed by atoms with Crippen LogP contribution in [-0.4, -0.2) is 37.8 Å². The number of aromatic nitrogens is 4. The van der Waals surface area contributed by atoms with Gasteiger partial charge in [0.1, 0.15) is 17.8 Å². The number of alkyl halides is 3. The fraction of sp³-hybridized carbons (Fsp3) is 0.217. The summed E-state index contributed by atoms with van der Waals surface area (Å²) in [4.78, 5) is 23.4. The van der Waals surface area contributed by atoms with E-state index in [0.717, 1.165) is 21.4 Å². The van der Waals surface area contributed by atoms with Gasteiger partial charge in [-0.15, -0.1) is 0 Å². The molecule has 1 aromatic carbocycles. The fourth-order valence-electron chi connectivity index (χ4n) is 3.57. The third kappa shape index (κ3) is 5.95. The lowest BCUT2D eigenvalue weighted by Crippen LogP contribution is -2.29. The molecular weight excluding hydrogens is 608 g/mol. The molecule has 0 saturated heterocycles. The molecule has 14 heteroatoms. The summed E-state index contributed by atoms with van der Waals surface area (Å²) in [5.41, 5.74) is 6.06. The lowest BCUT2D eigenvalue weighted by Gasteiger charge is -2.19. The highest BCUT2D eigenvalue weighted by atomic mass is 127. The highest BCUT2D eigenvalue weighted by Gasteiger charge is 2.32. The number of imidazole rings is 1. The Kier molecular flexibility index (Phi) is 7.56. The molecule has 4 rings (SSSR count). The first kappa shape index (κ1) is 26.2. The van der Waals surface area contributed by atoms with Crippen LogP contribution in [0.1, 0.15) is 29.8 Å². The van der Waals surface area contributed by atoms with E-state index in [1.807, 2.05) is 13.0 Å². The molecule has 0 aliphatic rings. The fourth-order valence-corrected chi connectivity index (χ4v) is 4.01. The van der Waals surface area contributed by atoms with Crippen molar-refractivity contribution in [1.29, 1.82) is 0 Å². The third-order valence-corrected chi connectivity index (χ3v) is 5.93. The average molecular weight is 628 g/mol. The van der Waals surface area contributed by atoms with Crippen molar-refractivity contribution in [1.82, 2.24) is 24.9 Å². The van der Waals surface area contributed by atoms with E-state index in [1.54, 1.807) is 29.0 Å². The van der Waals surface area contributed by atoms with E-state index in [4.69, 9.17) is 14.6 Å². The lowest BCUT2D eigenvalue weighted by atomic mass is 10.1. The number of hydrogen-bond donors (Lipinski definition) is 3. The number of hydrazine groups is 1. The molecule has 0 fully saturated rings. The van der Waals surface area contributed by atoms with E-state index in [2.05, 4.69) is 48.4 Å². The molecule has 194 valence electrons. The number of hydrogen-bond acceptors (Lipinski definition) is 7. The number of halogens is 4. The Morgan fingerprint density at radius 1 is 1.16 bits per heavy atom. The van der Waals surface area contributed by atoms with Crippen LogP contribution in [-0.2, 0) is 12.8 Å². The van der Waals surface area contributed by atoms with Gasteiger partial charge < -0.3 is 14.6 Å². The van der Waals surface area contributed by atoms with Crippen molar-refractivity contribution in [3.05, 3.63) is 69.2 Å². The van der Waals surface area contributed by atoms with E-state index in [-0.39, 0.29) is 18.6 Å². The van der Waals surface area contributed by atoms with Crippen LogP contribution in [0.25, 0.3) is 11.2 Å². The minimum absolute atomic E-state index is 0.0139. The van der Waals surface area contributed by atoms with Gasteiger partial charge in [-0.3, -0.25) is 15.0 Å². The van der Waals surface area contributed by atoms with E-state index >= 15 is 0 Å². The summed E-state index contributed by atoms with van der Waals surface area (Å²) in [6.45, 7) is 1.87. The first-order valence-corrected chi connectivity index (χ1v) is 11.8. The number of benzene rings is 1. The van der Waals surface area contributed by atoms with Gasteiger partial charge >= 0.3 is 12.3 Å². The van der Waals surface area contributed by atoms with Crippen LogP contribution in [0.4, 0.5) is 23.9 Å². The predicted molar refractivity (Wildman–Crippen MR) is 135 cm³/mol. The van der Waals surface area contributed by atoms with Crippen LogP contribution < -0.4 is 20.3 Å². The number of amides is 1. The van der Waals surface area contributed by atoms with Gasteiger partial charge in [0, 0.05) is 21.5 Å². The summed E-state index contributed by atoms with van der Waals surface area (Å²) >= 11 is 2.11. The van der Waals surface area contributed by atoms with Gasteiger partial charge in [-0.1, -0.05) is 12.1 Å². The van der Waals surface area contributed by atoms with Gasteiger partial charge in [-0.05, 0) is 59.3 Å². The number of fused-ring (bicyclic) bond motifs is 1. The van der Waals surface area contributed by atoms with Crippen molar-refractivity contribution in [3.63, 3.8) is 0 Å². The number of carboxylic acid groups (broad SMARTS) is 1. The monoisotopic (exact) mass is 628 g/mol. The molecule has 37 heavy (non-hydrogen) atoms. The SMILES string of the molecule is COc1cc(C(C)n2c(NNC(=O)O)nc3cc(I)cnc32)ccc1OCc1ccc(C(F)(F)F)nc1.